The summed E-state index contributed by atoms with van der Waals surface area (Å²) in [6.45, 7) is 9.57. The lowest BCUT2D eigenvalue weighted by Crippen LogP contribution is -2.38. The maximum atomic E-state index is 11.4. The number of nitrogens with one attached hydrogen (secondary N) is 1. The lowest BCUT2D eigenvalue weighted by molar-refractivity contribution is -0.144. The molecule has 1 unspecified atom stereocenters. The van der Waals surface area contributed by atoms with Gasteiger partial charge in [0.1, 0.15) is 5.60 Å². The largest absolute Gasteiger partial charge is 0.466 e. The zero-order chi connectivity index (χ0) is 14.2. The number of carbonyl (C=O) groups is 2. The molecular formula is C13H25NO4. The van der Waals surface area contributed by atoms with E-state index in [1.54, 1.807) is 27.7 Å². The van der Waals surface area contributed by atoms with Crippen LogP contribution in [0.3, 0.4) is 0 Å². The Morgan fingerprint density at radius 1 is 1.28 bits per heavy atom. The van der Waals surface area contributed by atoms with Gasteiger partial charge in [0, 0.05) is 6.04 Å². The van der Waals surface area contributed by atoms with Crippen molar-refractivity contribution in [3.63, 3.8) is 0 Å². The molecule has 0 radical (unpaired) electrons. The zero-order valence-corrected chi connectivity index (χ0v) is 12.0. The number of ether oxygens (including phenoxy) is 2. The van der Waals surface area contributed by atoms with Gasteiger partial charge < -0.3 is 14.8 Å². The number of carbonyl (C=O) groups excluding carboxylic acids is 2. The van der Waals surface area contributed by atoms with Gasteiger partial charge in [-0.15, -0.1) is 0 Å². The van der Waals surface area contributed by atoms with Crippen molar-refractivity contribution in [2.24, 2.45) is 0 Å². The molecule has 18 heavy (non-hydrogen) atoms. The van der Waals surface area contributed by atoms with Crippen molar-refractivity contribution in [2.75, 3.05) is 6.61 Å². The topological polar surface area (TPSA) is 64.6 Å². The normalized spacial score (nSPS) is 12.7. The molecule has 0 aliphatic carbocycles. The minimum Gasteiger partial charge on any atom is -0.466 e. The Bertz CT molecular complexity index is 271. The third kappa shape index (κ3) is 9.93. The minimum atomic E-state index is -0.536. The van der Waals surface area contributed by atoms with Gasteiger partial charge in [-0.3, -0.25) is 4.79 Å². The molecule has 0 rings (SSSR count). The summed E-state index contributed by atoms with van der Waals surface area (Å²) in [6.07, 6.45) is 1.48. The standard InChI is InChI=1S/C13H25NO4/c1-6-7-8-17-11(15)9-10(2)14-12(16)18-13(3,4)5/h10H,6-9H2,1-5H3,(H,14,16). The Labute approximate surface area is 109 Å². The molecule has 0 spiro atoms. The molecule has 5 nitrogen and oxygen atoms in total. The summed E-state index contributed by atoms with van der Waals surface area (Å²) < 4.78 is 10.1. The predicted molar refractivity (Wildman–Crippen MR) is 69.3 cm³/mol. The van der Waals surface area contributed by atoms with E-state index in [9.17, 15) is 9.59 Å². The summed E-state index contributed by atoms with van der Waals surface area (Å²) in [4.78, 5) is 22.8. The molecule has 0 aliphatic heterocycles. The van der Waals surface area contributed by atoms with Crippen molar-refractivity contribution in [1.82, 2.24) is 5.32 Å². The monoisotopic (exact) mass is 259 g/mol. The fraction of sp³-hybridized carbons (Fsp3) is 0.846. The van der Waals surface area contributed by atoms with Crippen LogP contribution in [0.4, 0.5) is 4.79 Å². The van der Waals surface area contributed by atoms with E-state index < -0.39 is 11.7 Å². The average molecular weight is 259 g/mol. The Morgan fingerprint density at radius 2 is 1.89 bits per heavy atom. The van der Waals surface area contributed by atoms with Crippen molar-refractivity contribution in [2.45, 2.75) is 65.5 Å². The van der Waals surface area contributed by atoms with Crippen LogP contribution in [0.15, 0.2) is 0 Å². The van der Waals surface area contributed by atoms with Gasteiger partial charge in [-0.1, -0.05) is 13.3 Å². The molecule has 0 aromatic carbocycles. The van der Waals surface area contributed by atoms with Crippen LogP contribution >= 0.6 is 0 Å². The lowest BCUT2D eigenvalue weighted by atomic mass is 10.2. The van der Waals surface area contributed by atoms with Crippen LogP contribution in [-0.4, -0.2) is 30.3 Å². The van der Waals surface area contributed by atoms with E-state index in [2.05, 4.69) is 5.32 Å². The highest BCUT2D eigenvalue weighted by Gasteiger charge is 2.19. The quantitative estimate of drug-likeness (QED) is 0.588. The van der Waals surface area contributed by atoms with Gasteiger partial charge in [-0.2, -0.15) is 0 Å². The summed E-state index contributed by atoms with van der Waals surface area (Å²) in [6, 6.07) is -0.297. The summed E-state index contributed by atoms with van der Waals surface area (Å²) in [7, 11) is 0. The van der Waals surface area contributed by atoms with Crippen molar-refractivity contribution in [1.29, 1.82) is 0 Å². The molecule has 1 amide bonds. The van der Waals surface area contributed by atoms with E-state index in [1.165, 1.54) is 0 Å². The fourth-order valence-corrected chi connectivity index (χ4v) is 1.20. The van der Waals surface area contributed by atoms with Crippen molar-refractivity contribution in [3.8, 4) is 0 Å². The van der Waals surface area contributed by atoms with Crippen LogP contribution < -0.4 is 5.32 Å². The van der Waals surface area contributed by atoms with E-state index in [0.29, 0.717) is 6.61 Å². The highest BCUT2D eigenvalue weighted by molar-refractivity contribution is 5.72. The van der Waals surface area contributed by atoms with Crippen LogP contribution in [-0.2, 0) is 14.3 Å². The third-order valence-electron chi connectivity index (χ3n) is 2.00. The van der Waals surface area contributed by atoms with E-state index in [1.807, 2.05) is 6.92 Å². The zero-order valence-electron chi connectivity index (χ0n) is 12.0. The average Bonchev–Trinajstić information content (AvgIpc) is 2.13. The Balaban J connectivity index is 3.85. The van der Waals surface area contributed by atoms with E-state index >= 15 is 0 Å². The van der Waals surface area contributed by atoms with Crippen LogP contribution in [0.25, 0.3) is 0 Å². The second-order valence-corrected chi connectivity index (χ2v) is 5.33. The lowest BCUT2D eigenvalue weighted by Gasteiger charge is -2.21. The Kier molecular flexibility index (Phi) is 7.39. The number of amides is 1. The molecule has 1 N–H and O–H groups in total. The number of hydrogen-bond donors (Lipinski definition) is 1. The molecule has 1 atom stereocenters. The first-order valence-electron chi connectivity index (χ1n) is 6.39. The Morgan fingerprint density at radius 3 is 2.39 bits per heavy atom. The van der Waals surface area contributed by atoms with Crippen LogP contribution in [0.2, 0.25) is 0 Å². The molecule has 0 fully saturated rings. The molecule has 106 valence electrons. The number of esters is 1. The summed E-state index contributed by atoms with van der Waals surface area (Å²) >= 11 is 0. The minimum absolute atomic E-state index is 0.156. The molecule has 0 aliphatic rings. The van der Waals surface area contributed by atoms with E-state index in [4.69, 9.17) is 9.47 Å². The van der Waals surface area contributed by atoms with E-state index in [-0.39, 0.29) is 18.4 Å². The molecular weight excluding hydrogens is 234 g/mol. The number of hydrogen-bond acceptors (Lipinski definition) is 4. The first-order valence-corrected chi connectivity index (χ1v) is 6.39. The number of unbranched alkanes of at least 4 members (excludes halogenated alkanes) is 1. The molecule has 5 heteroatoms. The molecule has 0 saturated carbocycles. The van der Waals surface area contributed by atoms with Crippen molar-refractivity contribution >= 4 is 12.1 Å². The van der Waals surface area contributed by atoms with Gasteiger partial charge in [-0.25, -0.2) is 4.79 Å². The maximum absolute atomic E-state index is 11.4. The second kappa shape index (κ2) is 7.95. The summed E-state index contributed by atoms with van der Waals surface area (Å²) in [5.74, 6) is -0.299. The van der Waals surface area contributed by atoms with Gasteiger partial charge in [0.05, 0.1) is 13.0 Å². The highest BCUT2D eigenvalue weighted by atomic mass is 16.6. The second-order valence-electron chi connectivity index (χ2n) is 5.33. The third-order valence-corrected chi connectivity index (χ3v) is 2.00. The smallest absolute Gasteiger partial charge is 0.407 e. The molecule has 0 bridgehead atoms. The Hall–Kier alpha value is -1.26. The number of rotatable bonds is 6. The molecule has 0 aromatic rings. The first-order chi connectivity index (χ1) is 8.24. The van der Waals surface area contributed by atoms with Gasteiger partial charge >= 0.3 is 12.1 Å². The van der Waals surface area contributed by atoms with Gasteiger partial charge in [0.25, 0.3) is 0 Å². The fourth-order valence-electron chi connectivity index (χ4n) is 1.20. The van der Waals surface area contributed by atoms with E-state index in [0.717, 1.165) is 12.8 Å². The van der Waals surface area contributed by atoms with Gasteiger partial charge in [0.2, 0.25) is 0 Å². The molecule has 0 aromatic heterocycles. The summed E-state index contributed by atoms with van der Waals surface area (Å²) in [5, 5.41) is 2.60. The van der Waals surface area contributed by atoms with Crippen LogP contribution in [0.5, 0.6) is 0 Å². The van der Waals surface area contributed by atoms with Gasteiger partial charge in [0.15, 0.2) is 0 Å². The van der Waals surface area contributed by atoms with Gasteiger partial charge in [-0.05, 0) is 34.1 Å². The van der Waals surface area contributed by atoms with Crippen molar-refractivity contribution < 1.29 is 19.1 Å². The maximum Gasteiger partial charge on any atom is 0.407 e. The van der Waals surface area contributed by atoms with Crippen molar-refractivity contribution in [3.05, 3.63) is 0 Å². The highest BCUT2D eigenvalue weighted by Crippen LogP contribution is 2.07. The molecule has 0 saturated heterocycles. The predicted octanol–water partition coefficient (Wildman–Crippen LogP) is 2.63. The van der Waals surface area contributed by atoms with Crippen LogP contribution in [0.1, 0.15) is 53.9 Å². The first kappa shape index (κ1) is 16.7. The molecule has 0 heterocycles. The number of alkyl carbamates (subject to hydrolysis) is 1. The summed E-state index contributed by atoms with van der Waals surface area (Å²) in [5.41, 5.74) is -0.536. The SMILES string of the molecule is CCCCOC(=O)CC(C)NC(=O)OC(C)(C)C. The van der Waals surface area contributed by atoms with Crippen LogP contribution in [0, 0.1) is 0 Å².